The molecule has 1 aliphatic rings. The Hall–Kier alpha value is -0.820. The molecule has 1 fully saturated rings. The minimum Gasteiger partial charge on any atom is -0.373 e. The average Bonchev–Trinajstić information content (AvgIpc) is 2.38. The summed E-state index contributed by atoms with van der Waals surface area (Å²) in [7, 11) is 0. The Balaban J connectivity index is 1.93. The van der Waals surface area contributed by atoms with Gasteiger partial charge >= 0.3 is 0 Å². The second-order valence-electron chi connectivity index (χ2n) is 6.08. The van der Waals surface area contributed by atoms with Gasteiger partial charge in [-0.2, -0.15) is 0 Å². The van der Waals surface area contributed by atoms with Crippen LogP contribution >= 0.6 is 0 Å². The molecular weight excluding hydrogens is 220 g/mol. The topological polar surface area (TPSA) is 9.23 Å². The van der Waals surface area contributed by atoms with Crippen LogP contribution in [0.5, 0.6) is 0 Å². The van der Waals surface area contributed by atoms with Gasteiger partial charge < -0.3 is 4.74 Å². The third-order valence-corrected chi connectivity index (χ3v) is 4.21. The fourth-order valence-electron chi connectivity index (χ4n) is 3.03. The molecule has 0 N–H and O–H groups in total. The molecule has 1 nitrogen and oxygen atoms in total. The van der Waals surface area contributed by atoms with Crippen molar-refractivity contribution >= 4 is 0 Å². The van der Waals surface area contributed by atoms with E-state index >= 15 is 0 Å². The molecule has 18 heavy (non-hydrogen) atoms. The maximum atomic E-state index is 7.49. The van der Waals surface area contributed by atoms with Gasteiger partial charge in [-0.05, 0) is 36.2 Å². The molecule has 1 heteroatoms. The van der Waals surface area contributed by atoms with E-state index < -0.39 is 0 Å². The van der Waals surface area contributed by atoms with Gasteiger partial charge in [0.05, 0.1) is 14.1 Å². The second-order valence-corrected chi connectivity index (χ2v) is 6.08. The van der Waals surface area contributed by atoms with Gasteiger partial charge in [0.2, 0.25) is 0 Å². The minimum atomic E-state index is 0.402. The average molecular weight is 247 g/mol. The first-order valence-electron chi connectivity index (χ1n) is 7.73. The molecule has 1 aromatic carbocycles. The van der Waals surface area contributed by atoms with Crippen molar-refractivity contribution in [1.82, 2.24) is 0 Å². The fraction of sp³-hybridized carbons (Fsp3) is 0.647. The standard InChI is InChI=1S/C17H26O/c1-13(2)16-10-9-14(3)11-17(16)18-12-15-7-5-4-6-8-15/h4-8,13-14,16-17H,9-12H2,1-3H3/t14-,16+,17-/m1/s1/i4D. The maximum Gasteiger partial charge on any atom is 0.0720 e. The van der Waals surface area contributed by atoms with Crippen LogP contribution in [0.2, 0.25) is 0 Å². The van der Waals surface area contributed by atoms with E-state index in [2.05, 4.69) is 20.8 Å². The van der Waals surface area contributed by atoms with Crippen molar-refractivity contribution in [3.8, 4) is 0 Å². The molecule has 2 rings (SSSR count). The predicted octanol–water partition coefficient (Wildman–Crippen LogP) is 4.66. The number of ether oxygens (including phenoxy) is 1. The lowest BCUT2D eigenvalue weighted by Gasteiger charge is -2.37. The fourth-order valence-corrected chi connectivity index (χ4v) is 3.03. The van der Waals surface area contributed by atoms with E-state index in [0.717, 1.165) is 5.92 Å². The minimum absolute atomic E-state index is 0.402. The van der Waals surface area contributed by atoms with Crippen molar-refractivity contribution in [2.45, 2.75) is 52.7 Å². The molecule has 0 spiro atoms. The lowest BCUT2D eigenvalue weighted by atomic mass is 9.75. The Morgan fingerprint density at radius 1 is 1.33 bits per heavy atom. The summed E-state index contributed by atoms with van der Waals surface area (Å²) in [6.45, 7) is 7.64. The molecule has 0 radical (unpaired) electrons. The van der Waals surface area contributed by atoms with Gasteiger partial charge in [-0.15, -0.1) is 0 Å². The number of hydrogen-bond acceptors (Lipinski definition) is 1. The Kier molecular flexibility index (Phi) is 4.33. The van der Waals surface area contributed by atoms with Crippen LogP contribution in [0, 0.1) is 17.8 Å². The van der Waals surface area contributed by atoms with Crippen molar-refractivity contribution in [3.05, 3.63) is 35.9 Å². The van der Waals surface area contributed by atoms with Crippen molar-refractivity contribution in [1.29, 1.82) is 0 Å². The summed E-state index contributed by atoms with van der Waals surface area (Å²) < 4.78 is 13.7. The first-order chi connectivity index (χ1) is 9.06. The van der Waals surface area contributed by atoms with Gasteiger partial charge in [0.1, 0.15) is 0 Å². The zero-order valence-corrected chi connectivity index (χ0v) is 11.9. The van der Waals surface area contributed by atoms with Crippen LogP contribution in [0.1, 0.15) is 47.0 Å². The van der Waals surface area contributed by atoms with E-state index in [1.165, 1.54) is 24.8 Å². The van der Waals surface area contributed by atoms with Crippen LogP contribution in [-0.4, -0.2) is 6.10 Å². The van der Waals surface area contributed by atoms with Crippen LogP contribution in [0.15, 0.2) is 30.3 Å². The summed E-state index contributed by atoms with van der Waals surface area (Å²) in [5, 5.41) is 0. The molecule has 1 aliphatic carbocycles. The lowest BCUT2D eigenvalue weighted by molar-refractivity contribution is -0.0472. The van der Waals surface area contributed by atoms with Crippen LogP contribution in [0.4, 0.5) is 0 Å². The largest absolute Gasteiger partial charge is 0.373 e. The first-order valence-corrected chi connectivity index (χ1v) is 7.23. The van der Waals surface area contributed by atoms with Crippen LogP contribution in [0.3, 0.4) is 0 Å². The molecule has 0 amide bonds. The molecule has 1 aromatic rings. The summed E-state index contributed by atoms with van der Waals surface area (Å²) >= 11 is 0. The molecule has 3 atom stereocenters. The van der Waals surface area contributed by atoms with Crippen LogP contribution in [0.25, 0.3) is 0 Å². The highest BCUT2D eigenvalue weighted by atomic mass is 16.5. The van der Waals surface area contributed by atoms with E-state index in [4.69, 9.17) is 6.11 Å². The second kappa shape index (κ2) is 6.38. The summed E-state index contributed by atoms with van der Waals surface area (Å²) in [5.74, 6) is 2.19. The Labute approximate surface area is 113 Å². The maximum absolute atomic E-state index is 7.49. The summed E-state index contributed by atoms with van der Waals surface area (Å²) in [6, 6.07) is 8.23. The van der Waals surface area contributed by atoms with Gasteiger partial charge in [0.25, 0.3) is 0 Å². The van der Waals surface area contributed by atoms with Gasteiger partial charge in [0, 0.05) is 0 Å². The van der Waals surface area contributed by atoms with Crippen LogP contribution in [-0.2, 0) is 11.3 Å². The number of hydrogen-bond donors (Lipinski definition) is 0. The molecular formula is C17H26O. The van der Waals surface area contributed by atoms with Crippen LogP contribution < -0.4 is 0 Å². The highest BCUT2D eigenvalue weighted by molar-refractivity contribution is 5.13. The Morgan fingerprint density at radius 3 is 2.72 bits per heavy atom. The molecule has 1 saturated carbocycles. The zero-order chi connectivity index (χ0) is 13.8. The molecule has 0 bridgehead atoms. The van der Waals surface area contributed by atoms with E-state index in [0.29, 0.717) is 30.6 Å². The highest BCUT2D eigenvalue weighted by Gasteiger charge is 2.31. The lowest BCUT2D eigenvalue weighted by Crippen LogP contribution is -2.34. The van der Waals surface area contributed by atoms with Crippen molar-refractivity contribution in [2.75, 3.05) is 0 Å². The zero-order valence-electron chi connectivity index (χ0n) is 12.9. The third kappa shape index (κ3) is 3.58. The van der Waals surface area contributed by atoms with Gasteiger partial charge in [-0.3, -0.25) is 0 Å². The van der Waals surface area contributed by atoms with E-state index in [-0.39, 0.29) is 0 Å². The number of benzene rings is 1. The third-order valence-electron chi connectivity index (χ3n) is 4.21. The molecule has 0 heterocycles. The number of rotatable bonds is 4. The van der Waals surface area contributed by atoms with E-state index in [1.807, 2.05) is 24.3 Å². The van der Waals surface area contributed by atoms with Gasteiger partial charge in [0.15, 0.2) is 0 Å². The molecule has 0 aromatic heterocycles. The summed E-state index contributed by atoms with van der Waals surface area (Å²) in [5.41, 5.74) is 1.18. The monoisotopic (exact) mass is 247 g/mol. The normalized spacial score (nSPS) is 29.3. The Morgan fingerprint density at radius 2 is 2.06 bits per heavy atom. The first kappa shape index (κ1) is 12.2. The quantitative estimate of drug-likeness (QED) is 0.751. The van der Waals surface area contributed by atoms with Gasteiger partial charge in [-0.1, -0.05) is 57.5 Å². The van der Waals surface area contributed by atoms with E-state index in [9.17, 15) is 0 Å². The molecule has 0 unspecified atom stereocenters. The van der Waals surface area contributed by atoms with Gasteiger partial charge in [-0.25, -0.2) is 0 Å². The Bertz CT molecular complexity index is 385. The molecule has 100 valence electrons. The summed E-state index contributed by atoms with van der Waals surface area (Å²) in [4.78, 5) is 0. The summed E-state index contributed by atoms with van der Waals surface area (Å²) in [6.07, 6.45) is 4.24. The van der Waals surface area contributed by atoms with Crippen molar-refractivity contribution in [3.63, 3.8) is 0 Å². The van der Waals surface area contributed by atoms with Crippen molar-refractivity contribution in [2.24, 2.45) is 17.8 Å². The van der Waals surface area contributed by atoms with Crippen molar-refractivity contribution < 1.29 is 6.11 Å². The molecule has 0 aliphatic heterocycles. The highest BCUT2D eigenvalue weighted by Crippen LogP contribution is 2.35. The smallest absolute Gasteiger partial charge is 0.0720 e. The predicted molar refractivity (Wildman–Crippen MR) is 76.4 cm³/mol. The SMILES string of the molecule is [2H]c1ccc(CO[C@@H]2C[C@H](C)CC[C@H]2C(C)C)cc1. The molecule has 0 saturated heterocycles. The van der Waals surface area contributed by atoms with E-state index in [1.54, 1.807) is 0 Å².